The minimum Gasteiger partial charge on any atom is -0.464 e. The Balaban J connectivity index is 2.35. The summed E-state index contributed by atoms with van der Waals surface area (Å²) in [6, 6.07) is 1.01. The molecule has 3 nitrogen and oxygen atoms in total. The van der Waals surface area contributed by atoms with Crippen LogP contribution in [0.5, 0.6) is 0 Å². The molecule has 1 fully saturated rings. The first-order chi connectivity index (χ1) is 6.11. The summed E-state index contributed by atoms with van der Waals surface area (Å²) in [5.74, 6) is -0.171. The first-order valence-electron chi connectivity index (χ1n) is 5.00. The van der Waals surface area contributed by atoms with Gasteiger partial charge in [0.1, 0.15) is 6.61 Å². The van der Waals surface area contributed by atoms with Crippen LogP contribution < -0.4 is 0 Å². The summed E-state index contributed by atoms with van der Waals surface area (Å²) in [6.07, 6.45) is 2.38. The van der Waals surface area contributed by atoms with Crippen molar-refractivity contribution in [2.75, 3.05) is 13.2 Å². The Labute approximate surface area is 80.1 Å². The predicted octanol–water partition coefficient (Wildman–Crippen LogP) is 1.42. The molecule has 0 saturated carbocycles. The number of ether oxygens (including phenoxy) is 1. The quantitative estimate of drug-likeness (QED) is 0.623. The van der Waals surface area contributed by atoms with E-state index in [1.54, 1.807) is 0 Å². The monoisotopic (exact) mass is 185 g/mol. The Bertz CT molecular complexity index is 180. The lowest BCUT2D eigenvalue weighted by molar-refractivity contribution is -0.142. The summed E-state index contributed by atoms with van der Waals surface area (Å²) in [5, 5.41) is 0. The number of likely N-dealkylation sites (tertiary alicyclic amines) is 1. The summed E-state index contributed by atoms with van der Waals surface area (Å²) in [6.45, 7) is 7.55. The van der Waals surface area contributed by atoms with Crippen molar-refractivity contribution >= 4 is 5.97 Å². The average molecular weight is 185 g/mol. The van der Waals surface area contributed by atoms with Crippen LogP contribution in [0.1, 0.15) is 33.6 Å². The number of carbonyl (C=O) groups is 1. The second-order valence-electron chi connectivity index (χ2n) is 3.93. The van der Waals surface area contributed by atoms with Crippen LogP contribution in [-0.4, -0.2) is 36.1 Å². The molecule has 1 aliphatic heterocycles. The Hall–Kier alpha value is -0.570. The molecule has 3 heteroatoms. The van der Waals surface area contributed by atoms with Crippen molar-refractivity contribution in [2.45, 2.75) is 45.7 Å². The second-order valence-corrected chi connectivity index (χ2v) is 3.93. The fraction of sp³-hybridized carbons (Fsp3) is 0.900. The molecule has 1 aliphatic rings. The maximum Gasteiger partial charge on any atom is 0.302 e. The van der Waals surface area contributed by atoms with Crippen molar-refractivity contribution in [1.82, 2.24) is 4.90 Å². The molecule has 0 aliphatic carbocycles. The van der Waals surface area contributed by atoms with E-state index in [1.165, 1.54) is 13.3 Å². The van der Waals surface area contributed by atoms with Gasteiger partial charge in [-0.05, 0) is 33.2 Å². The van der Waals surface area contributed by atoms with Crippen molar-refractivity contribution in [3.63, 3.8) is 0 Å². The number of hydrogen-bond donors (Lipinski definition) is 0. The van der Waals surface area contributed by atoms with E-state index in [-0.39, 0.29) is 5.97 Å². The molecule has 0 amide bonds. The number of rotatable bonds is 3. The molecule has 0 unspecified atom stereocenters. The van der Waals surface area contributed by atoms with Crippen LogP contribution >= 0.6 is 0 Å². The number of carbonyl (C=O) groups excluding carboxylic acids is 1. The molecule has 76 valence electrons. The summed E-state index contributed by atoms with van der Waals surface area (Å²) < 4.78 is 5.03. The topological polar surface area (TPSA) is 29.5 Å². The van der Waals surface area contributed by atoms with Gasteiger partial charge in [-0.2, -0.15) is 0 Å². The van der Waals surface area contributed by atoms with Gasteiger partial charge in [-0.15, -0.1) is 0 Å². The molecule has 0 N–H and O–H groups in total. The van der Waals surface area contributed by atoms with Crippen molar-refractivity contribution in [2.24, 2.45) is 0 Å². The normalized spacial score (nSPS) is 23.8. The predicted molar refractivity (Wildman–Crippen MR) is 51.5 cm³/mol. The van der Waals surface area contributed by atoms with Crippen molar-refractivity contribution in [3.8, 4) is 0 Å². The third-order valence-corrected chi connectivity index (χ3v) is 2.56. The van der Waals surface area contributed by atoms with Crippen LogP contribution in [-0.2, 0) is 9.53 Å². The van der Waals surface area contributed by atoms with Gasteiger partial charge < -0.3 is 4.74 Å². The standard InChI is InChI=1S/C10H19NO2/c1-8(2)11-6-4-5-10(11)7-13-9(3)12/h8,10H,4-7H2,1-3H3/t10-/m0/s1. The van der Waals surface area contributed by atoms with Gasteiger partial charge in [0.25, 0.3) is 0 Å². The lowest BCUT2D eigenvalue weighted by Crippen LogP contribution is -2.38. The molecule has 13 heavy (non-hydrogen) atoms. The zero-order valence-corrected chi connectivity index (χ0v) is 8.75. The highest BCUT2D eigenvalue weighted by Gasteiger charge is 2.26. The second kappa shape index (κ2) is 4.61. The lowest BCUT2D eigenvalue weighted by Gasteiger charge is -2.27. The van der Waals surface area contributed by atoms with Crippen LogP contribution in [0.4, 0.5) is 0 Å². The molecule has 1 heterocycles. The van der Waals surface area contributed by atoms with Crippen LogP contribution in [0.25, 0.3) is 0 Å². The Morgan fingerprint density at radius 1 is 1.62 bits per heavy atom. The average Bonchev–Trinajstić information content (AvgIpc) is 2.47. The fourth-order valence-corrected chi connectivity index (χ4v) is 1.93. The van der Waals surface area contributed by atoms with E-state index in [1.807, 2.05) is 0 Å². The van der Waals surface area contributed by atoms with Crippen molar-refractivity contribution in [1.29, 1.82) is 0 Å². The largest absolute Gasteiger partial charge is 0.464 e. The minimum atomic E-state index is -0.171. The van der Waals surface area contributed by atoms with Crippen LogP contribution in [0.3, 0.4) is 0 Å². The van der Waals surface area contributed by atoms with Crippen LogP contribution in [0.15, 0.2) is 0 Å². The maximum absolute atomic E-state index is 10.6. The van der Waals surface area contributed by atoms with E-state index in [0.717, 1.165) is 13.0 Å². The van der Waals surface area contributed by atoms with Crippen molar-refractivity contribution < 1.29 is 9.53 Å². The molecule has 1 saturated heterocycles. The highest BCUT2D eigenvalue weighted by molar-refractivity contribution is 5.65. The van der Waals surface area contributed by atoms with E-state index in [4.69, 9.17) is 4.74 Å². The first-order valence-corrected chi connectivity index (χ1v) is 5.00. The van der Waals surface area contributed by atoms with Crippen LogP contribution in [0, 0.1) is 0 Å². The van der Waals surface area contributed by atoms with Gasteiger partial charge in [0.05, 0.1) is 0 Å². The lowest BCUT2D eigenvalue weighted by atomic mass is 10.2. The summed E-state index contributed by atoms with van der Waals surface area (Å²) in [7, 11) is 0. The Morgan fingerprint density at radius 3 is 2.85 bits per heavy atom. The van der Waals surface area contributed by atoms with Gasteiger partial charge in [-0.1, -0.05) is 0 Å². The summed E-state index contributed by atoms with van der Waals surface area (Å²) in [4.78, 5) is 13.0. The van der Waals surface area contributed by atoms with E-state index < -0.39 is 0 Å². The van der Waals surface area contributed by atoms with E-state index in [0.29, 0.717) is 18.7 Å². The molecule has 1 atom stereocenters. The van der Waals surface area contributed by atoms with Gasteiger partial charge in [-0.25, -0.2) is 0 Å². The Morgan fingerprint density at radius 2 is 2.31 bits per heavy atom. The molecule has 0 aromatic rings. The molecule has 1 rings (SSSR count). The zero-order chi connectivity index (χ0) is 9.84. The van der Waals surface area contributed by atoms with E-state index in [9.17, 15) is 4.79 Å². The molecule has 0 spiro atoms. The molecular formula is C10H19NO2. The molecule has 0 aromatic heterocycles. The van der Waals surface area contributed by atoms with Gasteiger partial charge in [0.2, 0.25) is 0 Å². The molecule has 0 bridgehead atoms. The van der Waals surface area contributed by atoms with E-state index >= 15 is 0 Å². The summed E-state index contributed by atoms with van der Waals surface area (Å²) in [5.41, 5.74) is 0. The third-order valence-electron chi connectivity index (χ3n) is 2.56. The van der Waals surface area contributed by atoms with E-state index in [2.05, 4.69) is 18.7 Å². The van der Waals surface area contributed by atoms with Crippen LogP contribution in [0.2, 0.25) is 0 Å². The van der Waals surface area contributed by atoms with Gasteiger partial charge in [-0.3, -0.25) is 9.69 Å². The minimum absolute atomic E-state index is 0.171. The Kier molecular flexibility index (Phi) is 3.72. The SMILES string of the molecule is CC(=O)OC[C@@H]1CCCN1C(C)C. The molecule has 0 radical (unpaired) electrons. The highest BCUT2D eigenvalue weighted by Crippen LogP contribution is 2.19. The summed E-state index contributed by atoms with van der Waals surface area (Å²) >= 11 is 0. The van der Waals surface area contributed by atoms with Gasteiger partial charge in [0.15, 0.2) is 0 Å². The smallest absolute Gasteiger partial charge is 0.302 e. The highest BCUT2D eigenvalue weighted by atomic mass is 16.5. The third kappa shape index (κ3) is 2.99. The maximum atomic E-state index is 10.6. The fourth-order valence-electron chi connectivity index (χ4n) is 1.93. The van der Waals surface area contributed by atoms with Gasteiger partial charge in [0, 0.05) is 19.0 Å². The molecule has 0 aromatic carbocycles. The zero-order valence-electron chi connectivity index (χ0n) is 8.75. The van der Waals surface area contributed by atoms with Crippen molar-refractivity contribution in [3.05, 3.63) is 0 Å². The number of hydrogen-bond acceptors (Lipinski definition) is 3. The van der Waals surface area contributed by atoms with Gasteiger partial charge >= 0.3 is 5.97 Å². The number of esters is 1. The number of nitrogens with zero attached hydrogens (tertiary/aromatic N) is 1. The molecular weight excluding hydrogens is 166 g/mol. The first kappa shape index (κ1) is 10.5.